The summed E-state index contributed by atoms with van der Waals surface area (Å²) >= 11 is 0. The van der Waals surface area contributed by atoms with Crippen LogP contribution >= 0.6 is 0 Å². The molecule has 1 N–H and O–H groups in total. The Labute approximate surface area is 105 Å². The molecular formula is C13H15NO4. The molecule has 0 radical (unpaired) electrons. The second kappa shape index (κ2) is 6.54. The van der Waals surface area contributed by atoms with Crippen LogP contribution in [0.1, 0.15) is 30.6 Å². The standard InChI is InChI=1S/C13H15NO4/c1-3-13(17)18-8-12(16)14-11-6-4-10(5-7-11)9(2)15/h4-7H,3,8H2,1-2H3,(H,14,16). The maximum atomic E-state index is 11.4. The fourth-order valence-corrected chi connectivity index (χ4v) is 1.23. The molecule has 5 nitrogen and oxygen atoms in total. The number of hydrogen-bond donors (Lipinski definition) is 1. The van der Waals surface area contributed by atoms with Crippen molar-refractivity contribution in [3.05, 3.63) is 29.8 Å². The summed E-state index contributed by atoms with van der Waals surface area (Å²) in [5.41, 5.74) is 1.13. The normalized spacial score (nSPS) is 9.67. The maximum Gasteiger partial charge on any atom is 0.306 e. The fourth-order valence-electron chi connectivity index (χ4n) is 1.23. The molecule has 0 unspecified atom stereocenters. The van der Waals surface area contributed by atoms with Crippen LogP contribution < -0.4 is 5.32 Å². The van der Waals surface area contributed by atoms with Crippen molar-refractivity contribution >= 4 is 23.3 Å². The highest BCUT2D eigenvalue weighted by molar-refractivity contribution is 5.96. The summed E-state index contributed by atoms with van der Waals surface area (Å²) in [4.78, 5) is 33.3. The van der Waals surface area contributed by atoms with Crippen LogP contribution in [0.5, 0.6) is 0 Å². The molecular weight excluding hydrogens is 234 g/mol. The third-order valence-corrected chi connectivity index (χ3v) is 2.23. The van der Waals surface area contributed by atoms with Crippen molar-refractivity contribution in [2.75, 3.05) is 11.9 Å². The average Bonchev–Trinajstić information content (AvgIpc) is 2.36. The van der Waals surface area contributed by atoms with Gasteiger partial charge in [0.1, 0.15) is 0 Å². The number of Topliss-reactive ketones (excluding diaryl/α,β-unsaturated/α-hetero) is 1. The van der Waals surface area contributed by atoms with Gasteiger partial charge in [0.05, 0.1) is 0 Å². The third-order valence-electron chi connectivity index (χ3n) is 2.23. The topological polar surface area (TPSA) is 72.5 Å². The first kappa shape index (κ1) is 13.9. The van der Waals surface area contributed by atoms with Crippen LogP contribution in [0.25, 0.3) is 0 Å². The van der Waals surface area contributed by atoms with Crippen LogP contribution in [0.4, 0.5) is 5.69 Å². The van der Waals surface area contributed by atoms with Crippen LogP contribution in [0.3, 0.4) is 0 Å². The molecule has 0 bridgehead atoms. The SMILES string of the molecule is CCC(=O)OCC(=O)Nc1ccc(C(C)=O)cc1. The number of carbonyl (C=O) groups is 3. The molecule has 0 aliphatic heterocycles. The van der Waals surface area contributed by atoms with Gasteiger partial charge in [-0.1, -0.05) is 6.92 Å². The number of anilines is 1. The molecule has 0 aliphatic carbocycles. The average molecular weight is 249 g/mol. The number of rotatable bonds is 5. The van der Waals surface area contributed by atoms with E-state index in [1.54, 1.807) is 31.2 Å². The van der Waals surface area contributed by atoms with Crippen LogP contribution in [-0.2, 0) is 14.3 Å². The highest BCUT2D eigenvalue weighted by atomic mass is 16.5. The van der Waals surface area contributed by atoms with Crippen molar-refractivity contribution in [3.63, 3.8) is 0 Å². The first-order chi connectivity index (χ1) is 8.52. The van der Waals surface area contributed by atoms with Gasteiger partial charge in [0.25, 0.3) is 5.91 Å². The van der Waals surface area contributed by atoms with Gasteiger partial charge in [-0.3, -0.25) is 14.4 Å². The fraction of sp³-hybridized carbons (Fsp3) is 0.308. The second-order valence-electron chi connectivity index (χ2n) is 3.70. The molecule has 0 fully saturated rings. The lowest BCUT2D eigenvalue weighted by atomic mass is 10.1. The molecule has 18 heavy (non-hydrogen) atoms. The van der Waals surface area contributed by atoms with E-state index >= 15 is 0 Å². The molecule has 1 aromatic carbocycles. The van der Waals surface area contributed by atoms with E-state index in [1.807, 2.05) is 0 Å². The number of carbonyl (C=O) groups excluding carboxylic acids is 3. The lowest BCUT2D eigenvalue weighted by Gasteiger charge is -2.06. The molecule has 1 amide bonds. The molecule has 0 atom stereocenters. The van der Waals surface area contributed by atoms with Gasteiger partial charge < -0.3 is 10.1 Å². The highest BCUT2D eigenvalue weighted by Crippen LogP contribution is 2.09. The van der Waals surface area contributed by atoms with Crippen molar-refractivity contribution in [1.29, 1.82) is 0 Å². The minimum atomic E-state index is -0.419. The molecule has 0 heterocycles. The minimum absolute atomic E-state index is 0.0373. The number of ketones is 1. The summed E-state index contributed by atoms with van der Waals surface area (Å²) in [6.45, 7) is 2.82. The van der Waals surface area contributed by atoms with Gasteiger partial charge in [0.2, 0.25) is 0 Å². The van der Waals surface area contributed by atoms with Crippen molar-refractivity contribution in [3.8, 4) is 0 Å². The Morgan fingerprint density at radius 1 is 1.17 bits per heavy atom. The van der Waals surface area contributed by atoms with Crippen molar-refractivity contribution in [2.24, 2.45) is 0 Å². The van der Waals surface area contributed by atoms with E-state index in [0.717, 1.165) is 0 Å². The number of benzene rings is 1. The minimum Gasteiger partial charge on any atom is -0.456 e. The number of esters is 1. The maximum absolute atomic E-state index is 11.4. The molecule has 0 saturated carbocycles. The second-order valence-corrected chi connectivity index (χ2v) is 3.70. The van der Waals surface area contributed by atoms with Crippen molar-refractivity contribution in [2.45, 2.75) is 20.3 Å². The summed E-state index contributed by atoms with van der Waals surface area (Å²) in [5, 5.41) is 2.56. The van der Waals surface area contributed by atoms with E-state index in [-0.39, 0.29) is 18.8 Å². The molecule has 0 aliphatic rings. The van der Waals surface area contributed by atoms with Gasteiger partial charge in [-0.25, -0.2) is 0 Å². The van der Waals surface area contributed by atoms with E-state index in [2.05, 4.69) is 10.1 Å². The van der Waals surface area contributed by atoms with E-state index in [0.29, 0.717) is 11.3 Å². The molecule has 5 heteroatoms. The summed E-state index contributed by atoms with van der Waals surface area (Å²) in [5.74, 6) is -0.866. The predicted octanol–water partition coefficient (Wildman–Crippen LogP) is 1.78. The van der Waals surface area contributed by atoms with Gasteiger partial charge in [-0.05, 0) is 31.2 Å². The molecule has 1 aromatic rings. The quantitative estimate of drug-likeness (QED) is 0.637. The van der Waals surface area contributed by atoms with Crippen LogP contribution in [0, 0.1) is 0 Å². The Bertz CT molecular complexity index is 451. The van der Waals surface area contributed by atoms with E-state index < -0.39 is 11.9 Å². The predicted molar refractivity (Wildman–Crippen MR) is 66.3 cm³/mol. The number of nitrogens with one attached hydrogen (secondary N) is 1. The van der Waals surface area contributed by atoms with Gasteiger partial charge >= 0.3 is 5.97 Å². The monoisotopic (exact) mass is 249 g/mol. The molecule has 0 saturated heterocycles. The number of amides is 1. The van der Waals surface area contributed by atoms with Crippen LogP contribution in [-0.4, -0.2) is 24.3 Å². The highest BCUT2D eigenvalue weighted by Gasteiger charge is 2.06. The lowest BCUT2D eigenvalue weighted by molar-refractivity contribution is -0.146. The summed E-state index contributed by atoms with van der Waals surface area (Å²) < 4.78 is 4.68. The first-order valence-corrected chi connectivity index (χ1v) is 5.59. The summed E-state index contributed by atoms with van der Waals surface area (Å²) in [6.07, 6.45) is 0.237. The third kappa shape index (κ3) is 4.37. The zero-order valence-electron chi connectivity index (χ0n) is 10.4. The molecule has 96 valence electrons. The Balaban J connectivity index is 2.49. The van der Waals surface area contributed by atoms with Gasteiger partial charge in [0, 0.05) is 17.7 Å². The van der Waals surface area contributed by atoms with E-state index in [4.69, 9.17) is 0 Å². The largest absolute Gasteiger partial charge is 0.456 e. The molecule has 0 aromatic heterocycles. The Hall–Kier alpha value is -2.17. The van der Waals surface area contributed by atoms with Gasteiger partial charge in [0.15, 0.2) is 12.4 Å². The molecule has 0 spiro atoms. The molecule has 1 rings (SSSR count). The Morgan fingerprint density at radius 3 is 2.28 bits per heavy atom. The van der Waals surface area contributed by atoms with Gasteiger partial charge in [-0.15, -0.1) is 0 Å². The summed E-state index contributed by atoms with van der Waals surface area (Å²) in [7, 11) is 0. The van der Waals surface area contributed by atoms with Crippen molar-refractivity contribution in [1.82, 2.24) is 0 Å². The smallest absolute Gasteiger partial charge is 0.306 e. The van der Waals surface area contributed by atoms with Crippen molar-refractivity contribution < 1.29 is 19.1 Å². The Morgan fingerprint density at radius 2 is 1.78 bits per heavy atom. The zero-order chi connectivity index (χ0) is 13.5. The van der Waals surface area contributed by atoms with Gasteiger partial charge in [-0.2, -0.15) is 0 Å². The number of ether oxygens (including phenoxy) is 1. The van der Waals surface area contributed by atoms with E-state index in [9.17, 15) is 14.4 Å². The zero-order valence-corrected chi connectivity index (χ0v) is 10.4. The van der Waals surface area contributed by atoms with Crippen LogP contribution in [0.2, 0.25) is 0 Å². The summed E-state index contributed by atoms with van der Waals surface area (Å²) in [6, 6.07) is 6.48. The van der Waals surface area contributed by atoms with Crippen LogP contribution in [0.15, 0.2) is 24.3 Å². The van der Waals surface area contributed by atoms with E-state index in [1.165, 1.54) is 6.92 Å². The lowest BCUT2D eigenvalue weighted by Crippen LogP contribution is -2.20. The number of hydrogen-bond acceptors (Lipinski definition) is 4. The Kier molecular flexibility index (Phi) is 5.05. The first-order valence-electron chi connectivity index (χ1n) is 5.59.